The fraction of sp³-hybridized carbons (Fsp3) is 0.350. The third-order valence-corrected chi connectivity index (χ3v) is 3.76. The molecule has 0 heterocycles. The van der Waals surface area contributed by atoms with Gasteiger partial charge in [0.2, 0.25) is 5.91 Å². The molecule has 0 spiro atoms. The van der Waals surface area contributed by atoms with Gasteiger partial charge in [0.15, 0.2) is 0 Å². The van der Waals surface area contributed by atoms with Gasteiger partial charge in [-0.15, -0.1) is 0 Å². The van der Waals surface area contributed by atoms with Gasteiger partial charge < -0.3 is 14.8 Å². The molecule has 0 unspecified atom stereocenters. The number of methoxy groups -OCH3 is 1. The normalized spacial score (nSPS) is 11.6. The molecular formula is C20H25NO3. The van der Waals surface area contributed by atoms with Crippen LogP contribution in [0.2, 0.25) is 0 Å². The minimum atomic E-state index is -0.0606. The number of rotatable bonds is 8. The van der Waals surface area contributed by atoms with Crippen molar-refractivity contribution in [2.75, 3.05) is 13.7 Å². The maximum Gasteiger partial charge on any atom is 0.224 e. The number of benzene rings is 2. The summed E-state index contributed by atoms with van der Waals surface area (Å²) in [6.45, 7) is 4.47. The molecule has 0 bridgehead atoms. The van der Waals surface area contributed by atoms with E-state index in [1.165, 1.54) is 5.56 Å². The molecule has 1 N–H and O–H groups in total. The second-order valence-electron chi connectivity index (χ2n) is 5.80. The van der Waals surface area contributed by atoms with Gasteiger partial charge in [-0.05, 0) is 48.7 Å². The lowest BCUT2D eigenvalue weighted by atomic mass is 10.1. The Balaban J connectivity index is 1.75. The van der Waals surface area contributed by atoms with Crippen molar-refractivity contribution in [2.24, 2.45) is 0 Å². The molecule has 0 fully saturated rings. The minimum absolute atomic E-state index is 0.00470. The van der Waals surface area contributed by atoms with Crippen molar-refractivity contribution in [3.05, 3.63) is 59.7 Å². The van der Waals surface area contributed by atoms with Crippen molar-refractivity contribution in [3.8, 4) is 11.5 Å². The molecule has 4 nitrogen and oxygen atoms in total. The van der Waals surface area contributed by atoms with Crippen LogP contribution in [-0.4, -0.2) is 25.7 Å². The molecule has 2 rings (SSSR count). The molecule has 0 aliphatic carbocycles. The van der Waals surface area contributed by atoms with E-state index >= 15 is 0 Å². The van der Waals surface area contributed by atoms with E-state index in [-0.39, 0.29) is 11.9 Å². The Morgan fingerprint density at radius 1 is 1.00 bits per heavy atom. The average Bonchev–Trinajstić information content (AvgIpc) is 2.61. The summed E-state index contributed by atoms with van der Waals surface area (Å²) in [4.78, 5) is 12.1. The summed E-state index contributed by atoms with van der Waals surface area (Å²) < 4.78 is 10.8. The van der Waals surface area contributed by atoms with E-state index in [0.29, 0.717) is 13.0 Å². The molecule has 0 aliphatic rings. The number of carbonyl (C=O) groups is 1. The molecule has 2 aromatic rings. The fourth-order valence-corrected chi connectivity index (χ4v) is 2.34. The van der Waals surface area contributed by atoms with Gasteiger partial charge in [-0.25, -0.2) is 0 Å². The van der Waals surface area contributed by atoms with E-state index in [2.05, 4.69) is 24.4 Å². The van der Waals surface area contributed by atoms with Crippen molar-refractivity contribution >= 4 is 5.91 Å². The summed E-state index contributed by atoms with van der Waals surface area (Å²) in [5.41, 5.74) is 2.30. The van der Waals surface area contributed by atoms with E-state index in [9.17, 15) is 4.79 Å². The first-order valence-corrected chi connectivity index (χ1v) is 8.24. The molecule has 1 atom stereocenters. The standard InChI is InChI=1S/C20H25NO3/c1-4-16-5-7-17(8-6-16)13-20(22)21-15(2)14-24-19-11-9-18(23-3)10-12-19/h5-12,15H,4,13-14H2,1-3H3,(H,21,22)/t15-/m0/s1. The highest BCUT2D eigenvalue weighted by atomic mass is 16.5. The first kappa shape index (κ1) is 17.9. The topological polar surface area (TPSA) is 47.6 Å². The first-order chi connectivity index (χ1) is 11.6. The van der Waals surface area contributed by atoms with Crippen LogP contribution in [0.1, 0.15) is 25.0 Å². The van der Waals surface area contributed by atoms with Crippen LogP contribution in [0.5, 0.6) is 11.5 Å². The molecule has 2 aromatic carbocycles. The highest BCUT2D eigenvalue weighted by Gasteiger charge is 2.09. The SMILES string of the molecule is CCc1ccc(CC(=O)N[C@@H](C)COc2ccc(OC)cc2)cc1. The van der Waals surface area contributed by atoms with Gasteiger partial charge in [0.05, 0.1) is 19.6 Å². The summed E-state index contributed by atoms with van der Waals surface area (Å²) in [6.07, 6.45) is 1.39. The predicted molar refractivity (Wildman–Crippen MR) is 95.6 cm³/mol. The number of carbonyl (C=O) groups excluding carboxylic acids is 1. The summed E-state index contributed by atoms with van der Waals surface area (Å²) in [5.74, 6) is 1.55. The molecule has 128 valence electrons. The van der Waals surface area contributed by atoms with Gasteiger partial charge >= 0.3 is 0 Å². The monoisotopic (exact) mass is 327 g/mol. The lowest BCUT2D eigenvalue weighted by Crippen LogP contribution is -2.37. The highest BCUT2D eigenvalue weighted by molar-refractivity contribution is 5.78. The largest absolute Gasteiger partial charge is 0.497 e. The number of hydrogen-bond donors (Lipinski definition) is 1. The van der Waals surface area contributed by atoms with Crippen molar-refractivity contribution in [2.45, 2.75) is 32.7 Å². The van der Waals surface area contributed by atoms with Crippen LogP contribution >= 0.6 is 0 Å². The number of nitrogens with one attached hydrogen (secondary N) is 1. The fourth-order valence-electron chi connectivity index (χ4n) is 2.34. The summed E-state index contributed by atoms with van der Waals surface area (Å²) >= 11 is 0. The zero-order chi connectivity index (χ0) is 17.4. The van der Waals surface area contributed by atoms with Crippen LogP contribution in [0.15, 0.2) is 48.5 Å². The molecule has 24 heavy (non-hydrogen) atoms. The van der Waals surface area contributed by atoms with E-state index in [1.807, 2.05) is 43.3 Å². The molecule has 0 aromatic heterocycles. The number of aryl methyl sites for hydroxylation is 1. The van der Waals surface area contributed by atoms with E-state index < -0.39 is 0 Å². The van der Waals surface area contributed by atoms with Crippen molar-refractivity contribution in [1.29, 1.82) is 0 Å². The Labute approximate surface area is 143 Å². The number of hydrogen-bond acceptors (Lipinski definition) is 3. The van der Waals surface area contributed by atoms with Crippen LogP contribution in [0, 0.1) is 0 Å². The second kappa shape index (κ2) is 8.96. The van der Waals surface area contributed by atoms with Crippen molar-refractivity contribution in [1.82, 2.24) is 5.32 Å². The van der Waals surface area contributed by atoms with Crippen LogP contribution in [0.3, 0.4) is 0 Å². The Morgan fingerprint density at radius 2 is 1.58 bits per heavy atom. The van der Waals surface area contributed by atoms with Crippen LogP contribution in [-0.2, 0) is 17.6 Å². The third-order valence-electron chi connectivity index (χ3n) is 3.76. The number of amides is 1. The molecular weight excluding hydrogens is 302 g/mol. The van der Waals surface area contributed by atoms with Gasteiger partial charge in [-0.2, -0.15) is 0 Å². The van der Waals surface area contributed by atoms with Crippen molar-refractivity contribution in [3.63, 3.8) is 0 Å². The van der Waals surface area contributed by atoms with Crippen LogP contribution in [0.25, 0.3) is 0 Å². The smallest absolute Gasteiger partial charge is 0.224 e. The Morgan fingerprint density at radius 3 is 2.17 bits per heavy atom. The quantitative estimate of drug-likeness (QED) is 0.808. The van der Waals surface area contributed by atoms with E-state index in [4.69, 9.17) is 9.47 Å². The van der Waals surface area contributed by atoms with Gasteiger partial charge in [0, 0.05) is 0 Å². The molecule has 0 radical (unpaired) electrons. The molecule has 0 saturated heterocycles. The Kier molecular flexibility index (Phi) is 6.67. The molecule has 1 amide bonds. The summed E-state index contributed by atoms with van der Waals surface area (Å²) in [7, 11) is 1.63. The van der Waals surface area contributed by atoms with Gasteiger partial charge in [-0.3, -0.25) is 4.79 Å². The number of ether oxygens (including phenoxy) is 2. The van der Waals surface area contributed by atoms with Gasteiger partial charge in [-0.1, -0.05) is 31.2 Å². The van der Waals surface area contributed by atoms with Crippen molar-refractivity contribution < 1.29 is 14.3 Å². The Bertz CT molecular complexity index is 635. The zero-order valence-corrected chi connectivity index (χ0v) is 14.5. The zero-order valence-electron chi connectivity index (χ0n) is 14.5. The average molecular weight is 327 g/mol. The summed E-state index contributed by atoms with van der Waals surface area (Å²) in [6, 6.07) is 15.5. The summed E-state index contributed by atoms with van der Waals surface area (Å²) in [5, 5.41) is 2.96. The predicted octanol–water partition coefficient (Wildman–Crippen LogP) is 3.38. The third kappa shape index (κ3) is 5.61. The van der Waals surface area contributed by atoms with Crippen LogP contribution in [0.4, 0.5) is 0 Å². The molecule has 0 aliphatic heterocycles. The van der Waals surface area contributed by atoms with Gasteiger partial charge in [0.1, 0.15) is 18.1 Å². The Hall–Kier alpha value is -2.49. The maximum atomic E-state index is 12.1. The first-order valence-electron chi connectivity index (χ1n) is 8.24. The maximum absolute atomic E-state index is 12.1. The van der Waals surface area contributed by atoms with E-state index in [1.54, 1.807) is 7.11 Å². The lowest BCUT2D eigenvalue weighted by Gasteiger charge is -2.15. The highest BCUT2D eigenvalue weighted by Crippen LogP contribution is 2.17. The van der Waals surface area contributed by atoms with Gasteiger partial charge in [0.25, 0.3) is 0 Å². The lowest BCUT2D eigenvalue weighted by molar-refractivity contribution is -0.121. The molecule has 0 saturated carbocycles. The minimum Gasteiger partial charge on any atom is -0.497 e. The van der Waals surface area contributed by atoms with Crippen LogP contribution < -0.4 is 14.8 Å². The van der Waals surface area contributed by atoms with E-state index in [0.717, 1.165) is 23.5 Å². The molecule has 4 heteroatoms. The second-order valence-corrected chi connectivity index (χ2v) is 5.80.